The number of ketones is 1. The van der Waals surface area contributed by atoms with E-state index in [1.807, 2.05) is 13.1 Å². The van der Waals surface area contributed by atoms with Crippen LogP contribution in [0.5, 0.6) is 0 Å². The van der Waals surface area contributed by atoms with Gasteiger partial charge in [0.05, 0.1) is 14.1 Å². The van der Waals surface area contributed by atoms with Crippen molar-refractivity contribution in [1.29, 1.82) is 0 Å². The van der Waals surface area contributed by atoms with Crippen LogP contribution < -0.4 is 0 Å². The summed E-state index contributed by atoms with van der Waals surface area (Å²) in [5.41, 5.74) is 0.769. The highest BCUT2D eigenvalue weighted by Crippen LogP contribution is 2.32. The molecule has 2 rings (SSSR count). The van der Waals surface area contributed by atoms with Gasteiger partial charge in [-0.2, -0.15) is 0 Å². The van der Waals surface area contributed by atoms with Gasteiger partial charge in [-0.3, -0.25) is 9.69 Å². The number of rotatable bonds is 4. The molecule has 1 aromatic heterocycles. The molecule has 0 amide bonds. The third kappa shape index (κ3) is 3.63. The fourth-order valence-electron chi connectivity index (χ4n) is 2.10. The van der Waals surface area contributed by atoms with Gasteiger partial charge in [0.15, 0.2) is 5.78 Å². The number of carbonyl (C=O) groups is 1. The van der Waals surface area contributed by atoms with Crippen LogP contribution in [0, 0.1) is 0 Å². The number of thiophene rings is 1. The molecule has 6 heteroatoms. The SMILES string of the molecule is CN(CC(=O)c1cc(Br)sc1Br)C1CCOCC1. The molecule has 0 bridgehead atoms. The first-order valence-corrected chi connectivity index (χ1v) is 8.24. The van der Waals surface area contributed by atoms with Crippen molar-refractivity contribution in [3.05, 3.63) is 19.2 Å². The van der Waals surface area contributed by atoms with E-state index < -0.39 is 0 Å². The molecule has 1 saturated heterocycles. The van der Waals surface area contributed by atoms with E-state index in [0.717, 1.165) is 39.2 Å². The molecule has 3 nitrogen and oxygen atoms in total. The van der Waals surface area contributed by atoms with Crippen molar-refractivity contribution in [2.24, 2.45) is 0 Å². The maximum atomic E-state index is 12.2. The molecule has 100 valence electrons. The molecule has 0 aliphatic carbocycles. The van der Waals surface area contributed by atoms with Crippen molar-refractivity contribution in [3.63, 3.8) is 0 Å². The lowest BCUT2D eigenvalue weighted by atomic mass is 10.1. The first kappa shape index (κ1) is 14.7. The minimum Gasteiger partial charge on any atom is -0.381 e. The molecular formula is C12H15Br2NO2S. The second-order valence-electron chi connectivity index (χ2n) is 4.42. The predicted molar refractivity (Wildman–Crippen MR) is 80.5 cm³/mol. The molecule has 0 aromatic carbocycles. The predicted octanol–water partition coefficient (Wildman–Crippen LogP) is 3.57. The summed E-state index contributed by atoms with van der Waals surface area (Å²) in [6.45, 7) is 2.07. The van der Waals surface area contributed by atoms with Crippen LogP contribution in [0.1, 0.15) is 23.2 Å². The Morgan fingerprint density at radius 2 is 2.17 bits per heavy atom. The van der Waals surface area contributed by atoms with Crippen LogP contribution in [0.4, 0.5) is 0 Å². The van der Waals surface area contributed by atoms with Crippen LogP contribution in [0.25, 0.3) is 0 Å². The highest BCUT2D eigenvalue weighted by atomic mass is 79.9. The zero-order valence-corrected chi connectivity index (χ0v) is 14.1. The van der Waals surface area contributed by atoms with Crippen LogP contribution in [-0.2, 0) is 4.74 Å². The lowest BCUT2D eigenvalue weighted by Crippen LogP contribution is -2.39. The van der Waals surface area contributed by atoms with Crippen molar-refractivity contribution < 1.29 is 9.53 Å². The summed E-state index contributed by atoms with van der Waals surface area (Å²) >= 11 is 8.37. The average Bonchev–Trinajstić information content (AvgIpc) is 2.69. The van der Waals surface area contributed by atoms with Gasteiger partial charge in [0.25, 0.3) is 0 Å². The summed E-state index contributed by atoms with van der Waals surface area (Å²) in [4.78, 5) is 14.4. The summed E-state index contributed by atoms with van der Waals surface area (Å²) in [5.74, 6) is 0.165. The van der Waals surface area contributed by atoms with Crippen LogP contribution in [0.15, 0.2) is 13.6 Å². The van der Waals surface area contributed by atoms with Crippen LogP contribution in [0.2, 0.25) is 0 Å². The molecule has 0 N–H and O–H groups in total. The van der Waals surface area contributed by atoms with Crippen molar-refractivity contribution in [1.82, 2.24) is 4.90 Å². The number of carbonyl (C=O) groups excluding carboxylic acids is 1. The number of likely N-dealkylation sites (N-methyl/N-ethyl adjacent to an activating group) is 1. The van der Waals surface area contributed by atoms with Gasteiger partial charge in [-0.1, -0.05) is 0 Å². The monoisotopic (exact) mass is 395 g/mol. The normalized spacial score (nSPS) is 17.3. The van der Waals surface area contributed by atoms with Crippen molar-refractivity contribution in [3.8, 4) is 0 Å². The van der Waals surface area contributed by atoms with Crippen LogP contribution >= 0.6 is 43.2 Å². The van der Waals surface area contributed by atoms with Gasteiger partial charge < -0.3 is 4.74 Å². The second kappa shape index (κ2) is 6.61. The van der Waals surface area contributed by atoms with Crippen LogP contribution in [-0.4, -0.2) is 43.5 Å². The molecule has 1 aliphatic heterocycles. The van der Waals surface area contributed by atoms with E-state index in [1.165, 1.54) is 11.3 Å². The van der Waals surface area contributed by atoms with Gasteiger partial charge in [0.1, 0.15) is 0 Å². The fraction of sp³-hybridized carbons (Fsp3) is 0.583. The first-order valence-electron chi connectivity index (χ1n) is 5.84. The molecule has 0 spiro atoms. The lowest BCUT2D eigenvalue weighted by molar-refractivity contribution is 0.0418. The zero-order valence-electron chi connectivity index (χ0n) is 10.1. The van der Waals surface area contributed by atoms with E-state index in [0.29, 0.717) is 12.6 Å². The number of Topliss-reactive ketones (excluding diaryl/α,β-unsaturated/α-hetero) is 1. The van der Waals surface area contributed by atoms with Gasteiger partial charge in [0.2, 0.25) is 0 Å². The Kier molecular flexibility index (Phi) is 5.38. The molecule has 1 aliphatic rings. The van der Waals surface area contributed by atoms with E-state index >= 15 is 0 Å². The highest BCUT2D eigenvalue weighted by molar-refractivity contribution is 9.12. The van der Waals surface area contributed by atoms with Gasteiger partial charge in [-0.05, 0) is 57.8 Å². The number of hydrogen-bond acceptors (Lipinski definition) is 4. The molecule has 0 radical (unpaired) electrons. The Balaban J connectivity index is 1.96. The Morgan fingerprint density at radius 3 is 2.72 bits per heavy atom. The molecule has 2 heterocycles. The highest BCUT2D eigenvalue weighted by Gasteiger charge is 2.22. The second-order valence-corrected chi connectivity index (χ2v) is 8.17. The standard InChI is InChI=1S/C12H15Br2NO2S/c1-15(8-2-4-17-5-3-8)7-10(16)9-6-11(13)18-12(9)14/h6,8H,2-5,7H2,1H3. The zero-order chi connectivity index (χ0) is 13.1. The van der Waals surface area contributed by atoms with Gasteiger partial charge in [0, 0.05) is 24.8 Å². The molecule has 0 unspecified atom stereocenters. The van der Waals surface area contributed by atoms with Crippen LogP contribution in [0.3, 0.4) is 0 Å². The summed E-state index contributed by atoms with van der Waals surface area (Å²) in [6, 6.07) is 2.35. The lowest BCUT2D eigenvalue weighted by Gasteiger charge is -2.30. The molecule has 0 atom stereocenters. The number of halogens is 2. The van der Waals surface area contributed by atoms with Gasteiger partial charge in [-0.25, -0.2) is 0 Å². The minimum absolute atomic E-state index is 0.165. The van der Waals surface area contributed by atoms with Gasteiger partial charge >= 0.3 is 0 Å². The summed E-state index contributed by atoms with van der Waals surface area (Å²) in [7, 11) is 2.02. The summed E-state index contributed by atoms with van der Waals surface area (Å²) < 4.78 is 7.22. The average molecular weight is 397 g/mol. The Bertz CT molecular complexity index is 430. The summed E-state index contributed by atoms with van der Waals surface area (Å²) in [5, 5.41) is 0. The quantitative estimate of drug-likeness (QED) is 0.728. The number of hydrogen-bond donors (Lipinski definition) is 0. The largest absolute Gasteiger partial charge is 0.381 e. The Morgan fingerprint density at radius 1 is 1.50 bits per heavy atom. The molecule has 1 fully saturated rings. The third-order valence-electron chi connectivity index (χ3n) is 3.16. The topological polar surface area (TPSA) is 29.5 Å². The maximum absolute atomic E-state index is 12.2. The molecular weight excluding hydrogens is 382 g/mol. The maximum Gasteiger partial charge on any atom is 0.178 e. The first-order chi connectivity index (χ1) is 8.58. The van der Waals surface area contributed by atoms with E-state index in [2.05, 4.69) is 36.8 Å². The molecule has 18 heavy (non-hydrogen) atoms. The van der Waals surface area contributed by atoms with Crippen molar-refractivity contribution in [2.75, 3.05) is 26.8 Å². The smallest absolute Gasteiger partial charge is 0.178 e. The van der Waals surface area contributed by atoms with E-state index in [9.17, 15) is 4.79 Å². The van der Waals surface area contributed by atoms with E-state index in [4.69, 9.17) is 4.74 Å². The van der Waals surface area contributed by atoms with Crippen molar-refractivity contribution in [2.45, 2.75) is 18.9 Å². The van der Waals surface area contributed by atoms with Gasteiger partial charge in [-0.15, -0.1) is 11.3 Å². The number of ether oxygens (including phenoxy) is 1. The minimum atomic E-state index is 0.165. The number of nitrogens with zero attached hydrogens (tertiary/aromatic N) is 1. The van der Waals surface area contributed by atoms with Crippen molar-refractivity contribution >= 4 is 49.0 Å². The Labute approximate surface area is 128 Å². The molecule has 0 saturated carbocycles. The summed E-state index contributed by atoms with van der Waals surface area (Å²) in [6.07, 6.45) is 2.02. The van der Waals surface area contributed by atoms with E-state index in [1.54, 1.807) is 0 Å². The fourth-order valence-corrected chi connectivity index (χ4v) is 4.95. The third-order valence-corrected chi connectivity index (χ3v) is 5.50. The van der Waals surface area contributed by atoms with E-state index in [-0.39, 0.29) is 5.78 Å². The Hall–Kier alpha value is 0.250. The molecule has 1 aromatic rings.